The number of ether oxygens (including phenoxy) is 2. The van der Waals surface area contributed by atoms with Gasteiger partial charge < -0.3 is 14.8 Å². The summed E-state index contributed by atoms with van der Waals surface area (Å²) in [5, 5.41) is 2.05. The molecule has 0 saturated heterocycles. The first-order valence-electron chi connectivity index (χ1n) is 11.2. The molecule has 2 aliphatic rings. The number of nitrogens with zero attached hydrogens (tertiary/aromatic N) is 1. The molecule has 0 bridgehead atoms. The topological polar surface area (TPSA) is 67.6 Å². The minimum atomic E-state index is -5.18. The van der Waals surface area contributed by atoms with Gasteiger partial charge in [-0.3, -0.25) is 4.79 Å². The van der Waals surface area contributed by atoms with Gasteiger partial charge in [0.25, 0.3) is 0 Å². The Morgan fingerprint density at radius 3 is 2.49 bits per heavy atom. The number of rotatable bonds is 5. The fraction of sp³-hybridized carbons (Fsp3) is 0.346. The molecule has 6 nitrogen and oxygen atoms in total. The van der Waals surface area contributed by atoms with Gasteiger partial charge in [0.05, 0.1) is 13.7 Å². The van der Waals surface area contributed by atoms with Crippen LogP contribution in [0.3, 0.4) is 0 Å². The molecule has 0 spiro atoms. The average Bonchev–Trinajstić information content (AvgIpc) is 3.36. The molecule has 1 aliphatic carbocycles. The fourth-order valence-electron chi connectivity index (χ4n) is 4.94. The van der Waals surface area contributed by atoms with Crippen LogP contribution in [0.2, 0.25) is 0 Å². The largest absolute Gasteiger partial charge is 0.497 e. The molecule has 0 fully saturated rings. The van der Waals surface area contributed by atoms with Gasteiger partial charge in [0.2, 0.25) is 5.71 Å². The summed E-state index contributed by atoms with van der Waals surface area (Å²) in [6.07, 6.45) is -4.89. The van der Waals surface area contributed by atoms with E-state index in [0.717, 1.165) is 11.3 Å². The van der Waals surface area contributed by atoms with Crippen molar-refractivity contribution >= 4 is 23.2 Å². The molecule has 35 heavy (non-hydrogen) atoms. The maximum Gasteiger partial charge on any atom is 0.471 e. The summed E-state index contributed by atoms with van der Waals surface area (Å²) in [6.45, 7) is 2.11. The molecule has 2 aromatic carbocycles. The quantitative estimate of drug-likeness (QED) is 0.518. The average molecular weight is 487 g/mol. The highest BCUT2D eigenvalue weighted by Gasteiger charge is 2.56. The zero-order valence-corrected chi connectivity index (χ0v) is 19.7. The van der Waals surface area contributed by atoms with E-state index in [2.05, 4.69) is 0 Å². The molecule has 1 aliphatic heterocycles. The van der Waals surface area contributed by atoms with Gasteiger partial charge in [-0.25, -0.2) is 9.37 Å². The number of methoxy groups -OCH3 is 1. The molecule has 0 aromatic heterocycles. The third-order valence-electron chi connectivity index (χ3n) is 6.39. The Morgan fingerprint density at radius 2 is 1.86 bits per heavy atom. The van der Waals surface area contributed by atoms with Crippen molar-refractivity contribution in [3.8, 4) is 5.75 Å². The van der Waals surface area contributed by atoms with Crippen LogP contribution in [0.4, 0.5) is 13.2 Å². The van der Waals surface area contributed by atoms with Crippen LogP contribution in [0, 0.1) is 0 Å². The van der Waals surface area contributed by atoms with Crippen LogP contribution >= 0.6 is 0 Å². The van der Waals surface area contributed by atoms with Gasteiger partial charge in [0, 0.05) is 29.6 Å². The number of benzene rings is 2. The molecule has 2 aromatic rings. The van der Waals surface area contributed by atoms with Crippen molar-refractivity contribution in [2.45, 2.75) is 31.5 Å². The lowest BCUT2D eigenvalue weighted by Crippen LogP contribution is -2.59. The second-order valence-electron chi connectivity index (χ2n) is 8.52. The minimum absolute atomic E-state index is 0.0556. The van der Waals surface area contributed by atoms with E-state index in [1.807, 2.05) is 47.3 Å². The summed E-state index contributed by atoms with van der Waals surface area (Å²) >= 11 is 0. The van der Waals surface area contributed by atoms with E-state index in [1.165, 1.54) is 7.11 Å². The predicted octanol–water partition coefficient (Wildman–Crippen LogP) is 3.52. The van der Waals surface area contributed by atoms with Crippen molar-refractivity contribution in [2.75, 3.05) is 27.3 Å². The SMILES string of the molecule is CCOC(=O)C1(NC(=O)C(F)(F)F)Cc2cc(OC)ccc2/C1=C1/CC[N+](C)=C1c1ccccc1. The zero-order valence-electron chi connectivity index (χ0n) is 19.7. The number of alkyl halides is 3. The lowest BCUT2D eigenvalue weighted by atomic mass is 9.83. The highest BCUT2D eigenvalue weighted by atomic mass is 19.4. The molecule has 9 heteroatoms. The lowest BCUT2D eigenvalue weighted by molar-refractivity contribution is -0.488. The molecule has 1 unspecified atom stereocenters. The Kier molecular flexibility index (Phi) is 6.44. The van der Waals surface area contributed by atoms with Crippen LogP contribution in [0.15, 0.2) is 54.1 Å². The number of carbonyl (C=O) groups excluding carboxylic acids is 2. The Bertz CT molecular complexity index is 1230. The van der Waals surface area contributed by atoms with Gasteiger partial charge in [0.15, 0.2) is 5.54 Å². The molecule has 1 atom stereocenters. The van der Waals surface area contributed by atoms with E-state index >= 15 is 0 Å². The van der Waals surface area contributed by atoms with Gasteiger partial charge in [0.1, 0.15) is 19.3 Å². The highest BCUT2D eigenvalue weighted by molar-refractivity contribution is 6.19. The van der Waals surface area contributed by atoms with Gasteiger partial charge in [-0.05, 0) is 42.3 Å². The van der Waals surface area contributed by atoms with E-state index < -0.39 is 23.6 Å². The standard InChI is InChI=1S/C26H25F3N2O4/c1-4-35-24(33)25(30-23(32)26(27,28)29)15-17-14-18(34-3)10-11-19(17)21(25)20-12-13-31(2)22(20)16-8-6-5-7-9-16/h5-11,14H,4,12-13,15H2,1-3H3/p+1/b21-20+. The van der Waals surface area contributed by atoms with Gasteiger partial charge in [-0.15, -0.1) is 0 Å². The Hall–Kier alpha value is -3.62. The molecule has 0 saturated carbocycles. The summed E-state index contributed by atoms with van der Waals surface area (Å²) < 4.78 is 53.0. The molecular weight excluding hydrogens is 461 g/mol. The summed E-state index contributed by atoms with van der Waals surface area (Å²) in [5.41, 5.74) is 1.80. The first-order chi connectivity index (χ1) is 16.6. The van der Waals surface area contributed by atoms with Gasteiger partial charge in [-0.2, -0.15) is 13.2 Å². The van der Waals surface area contributed by atoms with E-state index in [9.17, 15) is 22.8 Å². The third-order valence-corrected chi connectivity index (χ3v) is 6.39. The van der Waals surface area contributed by atoms with Crippen molar-refractivity contribution in [2.24, 2.45) is 0 Å². The number of amides is 1. The predicted molar refractivity (Wildman–Crippen MR) is 123 cm³/mol. The maximum absolute atomic E-state index is 13.5. The second kappa shape index (κ2) is 9.20. The van der Waals surface area contributed by atoms with E-state index in [0.29, 0.717) is 41.0 Å². The smallest absolute Gasteiger partial charge is 0.471 e. The molecule has 184 valence electrons. The number of hydrogen-bond donors (Lipinski definition) is 1. The Morgan fingerprint density at radius 1 is 1.14 bits per heavy atom. The fourth-order valence-corrected chi connectivity index (χ4v) is 4.94. The van der Waals surface area contributed by atoms with Crippen LogP contribution < -0.4 is 10.1 Å². The lowest BCUT2D eigenvalue weighted by Gasteiger charge is -2.31. The van der Waals surface area contributed by atoms with Crippen LogP contribution in [0.1, 0.15) is 30.0 Å². The summed E-state index contributed by atoms with van der Waals surface area (Å²) in [5.74, 6) is -2.64. The summed E-state index contributed by atoms with van der Waals surface area (Å²) in [6, 6.07) is 14.5. The summed E-state index contributed by atoms with van der Waals surface area (Å²) in [7, 11) is 3.37. The third kappa shape index (κ3) is 4.31. The minimum Gasteiger partial charge on any atom is -0.497 e. The van der Waals surface area contributed by atoms with Crippen molar-refractivity contribution < 1.29 is 36.8 Å². The van der Waals surface area contributed by atoms with Crippen LogP contribution in [-0.4, -0.2) is 61.2 Å². The maximum atomic E-state index is 13.5. The Labute approximate surface area is 201 Å². The molecule has 1 N–H and O–H groups in total. The Balaban J connectivity index is 2.03. The normalized spacial score (nSPS) is 21.7. The van der Waals surface area contributed by atoms with Crippen LogP contribution in [0.25, 0.3) is 5.57 Å². The molecule has 1 amide bonds. The molecule has 1 heterocycles. The molecular formula is C26H26F3N2O4+. The zero-order chi connectivity index (χ0) is 25.4. The number of esters is 1. The van der Waals surface area contributed by atoms with Crippen molar-refractivity contribution in [1.29, 1.82) is 0 Å². The van der Waals surface area contributed by atoms with E-state index in [4.69, 9.17) is 9.47 Å². The van der Waals surface area contributed by atoms with Crippen molar-refractivity contribution in [3.05, 3.63) is 70.8 Å². The van der Waals surface area contributed by atoms with E-state index in [1.54, 1.807) is 25.1 Å². The van der Waals surface area contributed by atoms with Crippen LogP contribution in [-0.2, 0) is 20.7 Å². The molecule has 0 radical (unpaired) electrons. The van der Waals surface area contributed by atoms with Gasteiger partial charge >= 0.3 is 18.1 Å². The number of fused-ring (bicyclic) bond motifs is 1. The van der Waals surface area contributed by atoms with Crippen molar-refractivity contribution in [1.82, 2.24) is 5.32 Å². The number of hydrogen-bond acceptors (Lipinski definition) is 4. The highest BCUT2D eigenvalue weighted by Crippen LogP contribution is 2.46. The van der Waals surface area contributed by atoms with Gasteiger partial charge in [-0.1, -0.05) is 24.3 Å². The second-order valence-corrected chi connectivity index (χ2v) is 8.52. The molecule has 4 rings (SSSR count). The number of nitrogens with one attached hydrogen (secondary N) is 1. The first-order valence-corrected chi connectivity index (χ1v) is 11.2. The van der Waals surface area contributed by atoms with Crippen LogP contribution in [0.5, 0.6) is 5.75 Å². The monoisotopic (exact) mass is 487 g/mol. The first kappa shape index (κ1) is 24.5. The van der Waals surface area contributed by atoms with E-state index in [-0.39, 0.29) is 13.0 Å². The number of carbonyl (C=O) groups is 2. The van der Waals surface area contributed by atoms with Crippen molar-refractivity contribution in [3.63, 3.8) is 0 Å². The summed E-state index contributed by atoms with van der Waals surface area (Å²) in [4.78, 5) is 25.7. The number of halogens is 3.